The summed E-state index contributed by atoms with van der Waals surface area (Å²) in [6.45, 7) is 12.4. The number of amides is 1. The van der Waals surface area contributed by atoms with Crippen molar-refractivity contribution in [2.45, 2.75) is 41.5 Å². The van der Waals surface area contributed by atoms with Gasteiger partial charge in [0.05, 0.1) is 18.3 Å². The summed E-state index contributed by atoms with van der Waals surface area (Å²) in [6.07, 6.45) is 1.82. The quantitative estimate of drug-likeness (QED) is 0.572. The van der Waals surface area contributed by atoms with Crippen LogP contribution in [-0.4, -0.2) is 35.0 Å². The summed E-state index contributed by atoms with van der Waals surface area (Å²) in [5, 5.41) is 0. The lowest BCUT2D eigenvalue weighted by molar-refractivity contribution is -0.136. The maximum absolute atomic E-state index is 12.9. The normalized spacial score (nSPS) is 15.6. The van der Waals surface area contributed by atoms with Gasteiger partial charge in [-0.05, 0) is 70.9 Å². The Morgan fingerprint density at radius 3 is 2.38 bits per heavy atom. The summed E-state index contributed by atoms with van der Waals surface area (Å²) in [4.78, 5) is 26.9. The molecule has 1 aliphatic rings. The molecular formula is C24H28N2O3. The van der Waals surface area contributed by atoms with Gasteiger partial charge in [-0.2, -0.15) is 0 Å². The van der Waals surface area contributed by atoms with Crippen LogP contribution in [0.1, 0.15) is 41.9 Å². The van der Waals surface area contributed by atoms with Crippen molar-refractivity contribution in [1.29, 1.82) is 0 Å². The highest BCUT2D eigenvalue weighted by molar-refractivity contribution is 6.16. The molecule has 5 heteroatoms. The second-order valence-electron chi connectivity index (χ2n) is 7.51. The van der Waals surface area contributed by atoms with Crippen molar-refractivity contribution in [1.82, 2.24) is 9.47 Å². The number of benzene rings is 1. The van der Waals surface area contributed by atoms with Crippen molar-refractivity contribution in [3.05, 3.63) is 69.2 Å². The number of hydrogen-bond donors (Lipinski definition) is 0. The van der Waals surface area contributed by atoms with Crippen LogP contribution in [0.15, 0.2) is 41.1 Å². The number of aryl methyl sites for hydroxylation is 3. The predicted octanol–water partition coefficient (Wildman–Crippen LogP) is 4.40. The van der Waals surface area contributed by atoms with Gasteiger partial charge in [0.25, 0.3) is 5.91 Å². The van der Waals surface area contributed by atoms with Crippen LogP contribution in [0.3, 0.4) is 0 Å². The molecule has 3 rings (SSSR count). The first kappa shape index (κ1) is 20.6. The average molecular weight is 392 g/mol. The number of allylic oxidation sites excluding steroid dienone is 1. The van der Waals surface area contributed by atoms with Crippen LogP contribution < -0.4 is 0 Å². The third-order valence-electron chi connectivity index (χ3n) is 5.58. The summed E-state index contributed by atoms with van der Waals surface area (Å²) in [6, 6.07) is 8.42. The number of carbonyl (C=O) groups is 2. The lowest BCUT2D eigenvalue weighted by atomic mass is 10.0. The van der Waals surface area contributed by atoms with Crippen LogP contribution in [-0.2, 0) is 14.3 Å². The maximum Gasteiger partial charge on any atom is 0.340 e. The van der Waals surface area contributed by atoms with E-state index in [1.807, 2.05) is 32.9 Å². The summed E-state index contributed by atoms with van der Waals surface area (Å²) < 4.78 is 7.13. The van der Waals surface area contributed by atoms with Crippen LogP contribution in [0.4, 0.5) is 0 Å². The highest BCUT2D eigenvalue weighted by Crippen LogP contribution is 2.33. The molecular weight excluding hydrogens is 364 g/mol. The van der Waals surface area contributed by atoms with E-state index in [2.05, 4.69) is 36.6 Å². The number of nitrogens with zero attached hydrogens (tertiary/aromatic N) is 2. The van der Waals surface area contributed by atoms with Gasteiger partial charge in [-0.1, -0.05) is 17.7 Å². The number of ether oxygens (including phenoxy) is 1. The summed E-state index contributed by atoms with van der Waals surface area (Å²) in [5.74, 6) is -0.650. The number of carbonyl (C=O) groups excluding carboxylic acids is 2. The minimum Gasteiger partial charge on any atom is -0.465 e. The Bertz CT molecular complexity index is 1070. The van der Waals surface area contributed by atoms with Crippen LogP contribution >= 0.6 is 0 Å². The highest BCUT2D eigenvalue weighted by Gasteiger charge is 2.36. The van der Waals surface area contributed by atoms with E-state index in [-0.39, 0.29) is 5.91 Å². The maximum atomic E-state index is 12.9. The monoisotopic (exact) mass is 392 g/mol. The Morgan fingerprint density at radius 1 is 1.10 bits per heavy atom. The Hall–Kier alpha value is -3.08. The van der Waals surface area contributed by atoms with Gasteiger partial charge in [0, 0.05) is 29.3 Å². The number of rotatable bonds is 4. The Kier molecular flexibility index (Phi) is 5.51. The largest absolute Gasteiger partial charge is 0.465 e. The first-order valence-electron chi connectivity index (χ1n) is 9.80. The molecule has 0 saturated heterocycles. The highest BCUT2D eigenvalue weighted by atomic mass is 16.5. The molecule has 1 aromatic heterocycles. The number of aromatic nitrogens is 1. The lowest BCUT2D eigenvalue weighted by Gasteiger charge is -2.14. The van der Waals surface area contributed by atoms with E-state index >= 15 is 0 Å². The lowest BCUT2D eigenvalue weighted by Crippen LogP contribution is -2.24. The van der Waals surface area contributed by atoms with E-state index in [9.17, 15) is 9.59 Å². The predicted molar refractivity (Wildman–Crippen MR) is 115 cm³/mol. The minimum atomic E-state index is -0.485. The van der Waals surface area contributed by atoms with Crippen LogP contribution in [0.2, 0.25) is 0 Å². The molecule has 0 radical (unpaired) electrons. The van der Waals surface area contributed by atoms with Gasteiger partial charge < -0.3 is 14.2 Å². The summed E-state index contributed by atoms with van der Waals surface area (Å²) in [7, 11) is 1.34. The van der Waals surface area contributed by atoms with E-state index in [1.165, 1.54) is 18.2 Å². The smallest absolute Gasteiger partial charge is 0.340 e. The molecule has 0 fully saturated rings. The molecule has 29 heavy (non-hydrogen) atoms. The van der Waals surface area contributed by atoms with E-state index in [0.29, 0.717) is 23.4 Å². The second-order valence-corrected chi connectivity index (χ2v) is 7.51. The molecule has 0 saturated carbocycles. The van der Waals surface area contributed by atoms with Crippen molar-refractivity contribution in [2.75, 3.05) is 13.7 Å². The topological polar surface area (TPSA) is 51.5 Å². The molecule has 2 aromatic rings. The van der Waals surface area contributed by atoms with E-state index in [4.69, 9.17) is 4.74 Å². The van der Waals surface area contributed by atoms with Gasteiger partial charge in [-0.3, -0.25) is 4.79 Å². The molecule has 152 valence electrons. The first-order valence-corrected chi connectivity index (χ1v) is 9.80. The van der Waals surface area contributed by atoms with Crippen molar-refractivity contribution >= 4 is 18.0 Å². The van der Waals surface area contributed by atoms with Crippen molar-refractivity contribution in [2.24, 2.45) is 0 Å². The molecule has 0 atom stereocenters. The molecule has 5 nitrogen and oxygen atoms in total. The standard InChI is InChI=1S/C24H28N2O3/c1-8-25-18(6)22(24(28)29-7)20(23(25)27)13-19-12-16(4)26(17(19)5)21-10-9-14(2)11-15(21)3/h9-13H,8H2,1-7H3/b20-13-. The molecule has 2 heterocycles. The molecule has 1 amide bonds. The summed E-state index contributed by atoms with van der Waals surface area (Å²) in [5.41, 5.74) is 7.89. The Morgan fingerprint density at radius 2 is 1.79 bits per heavy atom. The number of hydrogen-bond acceptors (Lipinski definition) is 3. The van der Waals surface area contributed by atoms with Gasteiger partial charge in [0.15, 0.2) is 0 Å². The number of methoxy groups -OCH3 is 1. The van der Waals surface area contributed by atoms with Gasteiger partial charge in [-0.15, -0.1) is 0 Å². The van der Waals surface area contributed by atoms with Crippen LogP contribution in [0, 0.1) is 27.7 Å². The summed E-state index contributed by atoms with van der Waals surface area (Å²) >= 11 is 0. The van der Waals surface area contributed by atoms with Crippen molar-refractivity contribution < 1.29 is 14.3 Å². The van der Waals surface area contributed by atoms with Gasteiger partial charge in [0.2, 0.25) is 0 Å². The van der Waals surface area contributed by atoms with Crippen LogP contribution in [0.5, 0.6) is 0 Å². The molecule has 0 N–H and O–H groups in total. The molecule has 1 aromatic carbocycles. The molecule has 0 aliphatic carbocycles. The first-order chi connectivity index (χ1) is 13.7. The Balaban J connectivity index is 2.16. The zero-order valence-corrected chi connectivity index (χ0v) is 18.2. The molecule has 0 bridgehead atoms. The zero-order valence-electron chi connectivity index (χ0n) is 18.2. The van der Waals surface area contributed by atoms with Crippen molar-refractivity contribution in [3.63, 3.8) is 0 Å². The fourth-order valence-electron chi connectivity index (χ4n) is 4.13. The average Bonchev–Trinajstić information content (AvgIpc) is 3.08. The molecule has 0 spiro atoms. The fraction of sp³-hybridized carbons (Fsp3) is 0.333. The van der Waals surface area contributed by atoms with Gasteiger partial charge >= 0.3 is 5.97 Å². The van der Waals surface area contributed by atoms with E-state index in [0.717, 1.165) is 22.6 Å². The minimum absolute atomic E-state index is 0.165. The van der Waals surface area contributed by atoms with E-state index < -0.39 is 5.97 Å². The Labute approximate surface area is 172 Å². The second kappa shape index (κ2) is 7.74. The third kappa shape index (κ3) is 3.41. The van der Waals surface area contributed by atoms with Crippen molar-refractivity contribution in [3.8, 4) is 5.69 Å². The zero-order chi connectivity index (χ0) is 21.5. The van der Waals surface area contributed by atoms with Crippen LogP contribution in [0.25, 0.3) is 11.8 Å². The third-order valence-corrected chi connectivity index (χ3v) is 5.58. The van der Waals surface area contributed by atoms with E-state index in [1.54, 1.807) is 11.8 Å². The fourth-order valence-corrected chi connectivity index (χ4v) is 4.13. The molecule has 1 aliphatic heterocycles. The van der Waals surface area contributed by atoms with Gasteiger partial charge in [-0.25, -0.2) is 4.79 Å². The molecule has 0 unspecified atom stereocenters. The number of likely N-dealkylation sites (N-methyl/N-ethyl adjacent to an activating group) is 1. The number of esters is 1. The SMILES string of the molecule is CCN1C(=O)/C(=C\c2cc(C)n(-c3ccc(C)cc3C)c2C)C(C(=O)OC)=C1C. The van der Waals surface area contributed by atoms with Gasteiger partial charge in [0.1, 0.15) is 0 Å².